The number of thiazole rings is 1. The van der Waals surface area contributed by atoms with Gasteiger partial charge in [0.2, 0.25) is 0 Å². The fraction of sp³-hybridized carbons (Fsp3) is 0.423. The molecule has 1 unspecified atom stereocenters. The minimum absolute atomic E-state index is 0.0943. The first kappa shape index (κ1) is 29.3. The quantitative estimate of drug-likeness (QED) is 0.265. The average Bonchev–Trinajstić information content (AvgIpc) is 3.59. The van der Waals surface area contributed by atoms with Crippen LogP contribution >= 0.6 is 11.3 Å². The molecule has 1 saturated carbocycles. The van der Waals surface area contributed by atoms with E-state index in [1.54, 1.807) is 10.7 Å². The van der Waals surface area contributed by atoms with Crippen molar-refractivity contribution in [2.45, 2.75) is 50.9 Å². The summed E-state index contributed by atoms with van der Waals surface area (Å²) in [5, 5.41) is 20.7. The fourth-order valence-electron chi connectivity index (χ4n) is 4.79. The molecule has 3 heterocycles. The highest BCUT2D eigenvalue weighted by Gasteiger charge is 2.40. The summed E-state index contributed by atoms with van der Waals surface area (Å²) in [5.41, 5.74) is 0.150. The molecule has 3 aromatic rings. The molecule has 1 aromatic carbocycles. The highest BCUT2D eigenvalue weighted by atomic mass is 32.1. The first-order valence-electron chi connectivity index (χ1n) is 13.2. The van der Waals surface area contributed by atoms with Crippen molar-refractivity contribution in [1.29, 1.82) is 0 Å². The van der Waals surface area contributed by atoms with Crippen molar-refractivity contribution in [3.05, 3.63) is 42.0 Å². The molecule has 5 rings (SSSR count). The molecule has 3 amide bonds. The van der Waals surface area contributed by atoms with Crippen molar-refractivity contribution in [3.63, 3.8) is 0 Å². The summed E-state index contributed by atoms with van der Waals surface area (Å²) < 4.78 is 54.5. The van der Waals surface area contributed by atoms with E-state index in [1.165, 1.54) is 24.4 Å². The van der Waals surface area contributed by atoms with Gasteiger partial charge in [0.05, 0.1) is 6.20 Å². The van der Waals surface area contributed by atoms with Gasteiger partial charge in [-0.15, -0.1) is 0 Å². The molecular weight excluding hydrogens is 582 g/mol. The third-order valence-corrected chi connectivity index (χ3v) is 7.98. The predicted molar refractivity (Wildman–Crippen MR) is 146 cm³/mol. The van der Waals surface area contributed by atoms with E-state index in [4.69, 9.17) is 0 Å². The average molecular weight is 610 g/mol. The number of benzene rings is 1. The molecule has 16 heteroatoms. The van der Waals surface area contributed by atoms with E-state index >= 15 is 0 Å². The topological polar surface area (TPSA) is 141 Å². The Kier molecular flexibility index (Phi) is 8.34. The van der Waals surface area contributed by atoms with Crippen LogP contribution in [0.1, 0.15) is 42.6 Å². The lowest BCUT2D eigenvalue weighted by Crippen LogP contribution is -2.43. The molecule has 224 valence electrons. The Morgan fingerprint density at radius 1 is 1.07 bits per heavy atom. The van der Waals surface area contributed by atoms with E-state index in [2.05, 4.69) is 26.0 Å². The Hall–Kier alpha value is -4.21. The maximum atomic E-state index is 14.4. The Morgan fingerprint density at radius 2 is 1.83 bits per heavy atom. The minimum Gasteiger partial charge on any atom is -0.465 e. The minimum atomic E-state index is -4.97. The summed E-state index contributed by atoms with van der Waals surface area (Å²) in [6.45, 7) is 1.31. The lowest BCUT2D eigenvalue weighted by atomic mass is 10.1. The predicted octanol–water partition coefficient (Wildman–Crippen LogP) is 4.94. The molecule has 0 radical (unpaired) electrons. The Bertz CT molecular complexity index is 1490. The second-order valence-corrected chi connectivity index (χ2v) is 11.2. The molecule has 1 atom stereocenters. The van der Waals surface area contributed by atoms with Crippen molar-refractivity contribution in [2.75, 3.05) is 28.6 Å². The smallest absolute Gasteiger partial charge is 0.465 e. The van der Waals surface area contributed by atoms with Crippen LogP contribution in [-0.4, -0.2) is 63.1 Å². The van der Waals surface area contributed by atoms with E-state index in [-0.39, 0.29) is 27.7 Å². The van der Waals surface area contributed by atoms with Gasteiger partial charge < -0.3 is 20.6 Å². The number of carbonyl (C=O) groups is 3. The number of carboxylic acid groups (broad SMARTS) is 1. The maximum Gasteiger partial charge on any atom is 0.471 e. The standard InChI is InChI=1S/C26H27F4N7O4S/c27-17-6-2-1-5-16(17)21-34-19(22(42-21)35-25(40)41)20(38)33-18-12-31-37(13-14-7-8-14)23(18)36-10-3-4-15(9-11-36)32-24(39)26(28,29)30/h1-2,5-6,12,14-15,35H,3-4,7-11,13H2,(H,32,39)(H,33,38)(H,40,41). The van der Waals surface area contributed by atoms with Gasteiger partial charge in [0, 0.05) is 31.2 Å². The zero-order valence-electron chi connectivity index (χ0n) is 22.1. The van der Waals surface area contributed by atoms with E-state index in [0.29, 0.717) is 49.9 Å². The molecule has 1 aliphatic carbocycles. The number of hydrogen-bond acceptors (Lipinski definition) is 7. The van der Waals surface area contributed by atoms with Crippen LogP contribution in [0.15, 0.2) is 30.5 Å². The van der Waals surface area contributed by atoms with Crippen LogP contribution in [0, 0.1) is 11.7 Å². The van der Waals surface area contributed by atoms with Crippen LogP contribution in [0.5, 0.6) is 0 Å². The van der Waals surface area contributed by atoms with Crippen LogP contribution < -0.4 is 20.9 Å². The fourth-order valence-corrected chi connectivity index (χ4v) is 5.77. The molecule has 2 fully saturated rings. The second kappa shape index (κ2) is 12.0. The van der Waals surface area contributed by atoms with Gasteiger partial charge in [0.1, 0.15) is 21.5 Å². The first-order valence-corrected chi connectivity index (χ1v) is 14.1. The van der Waals surface area contributed by atoms with Gasteiger partial charge in [-0.05, 0) is 50.2 Å². The van der Waals surface area contributed by atoms with Crippen molar-refractivity contribution in [2.24, 2.45) is 5.92 Å². The molecule has 2 aliphatic rings. The number of alkyl halides is 3. The van der Waals surface area contributed by atoms with E-state index in [0.717, 1.165) is 24.2 Å². The van der Waals surface area contributed by atoms with Crippen LogP contribution in [-0.2, 0) is 11.3 Å². The third-order valence-electron chi connectivity index (χ3n) is 6.98. The van der Waals surface area contributed by atoms with Gasteiger partial charge in [-0.25, -0.2) is 18.9 Å². The van der Waals surface area contributed by atoms with Gasteiger partial charge in [-0.3, -0.25) is 14.9 Å². The molecule has 4 N–H and O–H groups in total. The molecule has 0 spiro atoms. The van der Waals surface area contributed by atoms with E-state index in [1.807, 2.05) is 4.90 Å². The number of anilines is 3. The zero-order chi connectivity index (χ0) is 30.0. The number of nitrogens with one attached hydrogen (secondary N) is 3. The van der Waals surface area contributed by atoms with Gasteiger partial charge >= 0.3 is 18.2 Å². The van der Waals surface area contributed by atoms with Gasteiger partial charge in [0.25, 0.3) is 5.91 Å². The van der Waals surface area contributed by atoms with E-state index in [9.17, 15) is 37.1 Å². The van der Waals surface area contributed by atoms with Crippen LogP contribution in [0.3, 0.4) is 0 Å². The maximum absolute atomic E-state index is 14.4. The number of rotatable bonds is 8. The lowest BCUT2D eigenvalue weighted by molar-refractivity contribution is -0.174. The molecule has 42 heavy (non-hydrogen) atoms. The molecular formula is C26H27F4N7O4S. The first-order chi connectivity index (χ1) is 20.0. The highest BCUT2D eigenvalue weighted by Crippen LogP contribution is 2.37. The van der Waals surface area contributed by atoms with Crippen LogP contribution in [0.25, 0.3) is 10.6 Å². The zero-order valence-corrected chi connectivity index (χ0v) is 22.9. The van der Waals surface area contributed by atoms with Crippen molar-refractivity contribution < 1.29 is 37.1 Å². The molecule has 2 aromatic heterocycles. The van der Waals surface area contributed by atoms with Crippen molar-refractivity contribution in [1.82, 2.24) is 20.1 Å². The van der Waals surface area contributed by atoms with Crippen molar-refractivity contribution in [3.8, 4) is 10.6 Å². The molecule has 0 bridgehead atoms. The molecule has 11 nitrogen and oxygen atoms in total. The van der Waals surface area contributed by atoms with Gasteiger partial charge in [-0.1, -0.05) is 23.5 Å². The second-order valence-electron chi connectivity index (χ2n) is 10.2. The summed E-state index contributed by atoms with van der Waals surface area (Å²) >= 11 is 0.808. The third kappa shape index (κ3) is 6.80. The SMILES string of the molecule is O=C(O)Nc1sc(-c2ccccc2F)nc1C(=O)Nc1cnn(CC2CC2)c1N1CCCC(NC(=O)C(F)(F)F)CC1. The largest absolute Gasteiger partial charge is 0.471 e. The molecule has 1 saturated heterocycles. The summed E-state index contributed by atoms with van der Waals surface area (Å²) in [4.78, 5) is 42.5. The number of hydrogen-bond donors (Lipinski definition) is 4. The Labute approximate surface area is 240 Å². The molecule has 1 aliphatic heterocycles. The lowest BCUT2D eigenvalue weighted by Gasteiger charge is -2.25. The summed E-state index contributed by atoms with van der Waals surface area (Å²) in [6.07, 6.45) is -1.83. The number of amides is 3. The summed E-state index contributed by atoms with van der Waals surface area (Å²) in [6, 6.07) is 5.10. The van der Waals surface area contributed by atoms with Gasteiger partial charge in [0.15, 0.2) is 11.5 Å². The van der Waals surface area contributed by atoms with Gasteiger partial charge in [-0.2, -0.15) is 18.3 Å². The summed E-state index contributed by atoms with van der Waals surface area (Å²) in [5.74, 6) is -2.36. The Balaban J connectivity index is 1.40. The highest BCUT2D eigenvalue weighted by molar-refractivity contribution is 7.19. The van der Waals surface area contributed by atoms with E-state index < -0.39 is 35.9 Å². The van der Waals surface area contributed by atoms with Crippen molar-refractivity contribution >= 4 is 45.8 Å². The Morgan fingerprint density at radius 3 is 2.52 bits per heavy atom. The summed E-state index contributed by atoms with van der Waals surface area (Å²) in [7, 11) is 0. The number of aromatic nitrogens is 3. The number of carbonyl (C=O) groups excluding carboxylic acids is 2. The monoisotopic (exact) mass is 609 g/mol. The number of nitrogens with zero attached hydrogens (tertiary/aromatic N) is 4. The van der Waals surface area contributed by atoms with Crippen LogP contribution in [0.2, 0.25) is 0 Å². The van der Waals surface area contributed by atoms with Crippen LogP contribution in [0.4, 0.5) is 38.9 Å². The normalized spacial score (nSPS) is 17.4. The number of halogens is 4.